The lowest BCUT2D eigenvalue weighted by Gasteiger charge is -2.33. The van der Waals surface area contributed by atoms with Gasteiger partial charge in [-0.1, -0.05) is 45.1 Å². The van der Waals surface area contributed by atoms with Crippen LogP contribution < -0.4 is 9.64 Å². The highest BCUT2D eigenvalue weighted by Gasteiger charge is 2.39. The van der Waals surface area contributed by atoms with Crippen molar-refractivity contribution in [1.82, 2.24) is 0 Å². The number of hydrogen-bond donors (Lipinski definition) is 0. The molecule has 0 aliphatic carbocycles. The number of amides is 2. The maximum atomic E-state index is 12.6. The minimum absolute atomic E-state index is 0.200. The molecule has 5 heteroatoms. The third-order valence-corrected chi connectivity index (χ3v) is 3.46. The van der Waals surface area contributed by atoms with Gasteiger partial charge in [-0.25, -0.2) is 9.69 Å². The van der Waals surface area contributed by atoms with Gasteiger partial charge < -0.3 is 9.47 Å². The van der Waals surface area contributed by atoms with E-state index in [0.717, 1.165) is 10.5 Å². The van der Waals surface area contributed by atoms with Crippen LogP contribution in [0.15, 0.2) is 24.3 Å². The van der Waals surface area contributed by atoms with Gasteiger partial charge in [-0.2, -0.15) is 0 Å². The van der Waals surface area contributed by atoms with Crippen LogP contribution in [0.5, 0.6) is 5.75 Å². The summed E-state index contributed by atoms with van der Waals surface area (Å²) >= 11 is 0. The Bertz CT molecular complexity index is 621. The molecule has 0 fully saturated rings. The molecule has 1 aromatic carbocycles. The molecule has 5 nitrogen and oxygen atoms in total. The van der Waals surface area contributed by atoms with E-state index in [0.29, 0.717) is 17.9 Å². The number of anilines is 1. The van der Waals surface area contributed by atoms with Crippen molar-refractivity contribution in [2.45, 2.75) is 40.2 Å². The van der Waals surface area contributed by atoms with Crippen molar-refractivity contribution in [1.29, 1.82) is 0 Å². The molecule has 0 N–H and O–H groups in total. The molecular formula is C18H23NO4. The van der Waals surface area contributed by atoms with Gasteiger partial charge in [0.25, 0.3) is 5.91 Å². The first-order valence-corrected chi connectivity index (χ1v) is 7.92. The Morgan fingerprint density at radius 3 is 2.78 bits per heavy atom. The maximum Gasteiger partial charge on any atom is 0.421 e. The van der Waals surface area contributed by atoms with Crippen LogP contribution in [-0.2, 0) is 9.53 Å². The van der Waals surface area contributed by atoms with Crippen molar-refractivity contribution in [3.63, 3.8) is 0 Å². The summed E-state index contributed by atoms with van der Waals surface area (Å²) in [5.41, 5.74) is 1.27. The maximum absolute atomic E-state index is 12.6. The van der Waals surface area contributed by atoms with E-state index in [1.165, 1.54) is 0 Å². The smallest absolute Gasteiger partial charge is 0.421 e. The first kappa shape index (κ1) is 17.1. The largest absolute Gasteiger partial charge is 0.478 e. The van der Waals surface area contributed by atoms with Gasteiger partial charge in [-0.05, 0) is 25.3 Å². The Morgan fingerprint density at radius 2 is 2.17 bits per heavy atom. The number of para-hydroxylation sites is 1. The predicted octanol–water partition coefficient (Wildman–Crippen LogP) is 4.02. The fourth-order valence-electron chi connectivity index (χ4n) is 2.36. The number of rotatable bonds is 4. The molecule has 1 aliphatic heterocycles. The van der Waals surface area contributed by atoms with Gasteiger partial charge in [0.05, 0.1) is 12.3 Å². The summed E-state index contributed by atoms with van der Waals surface area (Å²) in [5, 5.41) is 0. The van der Waals surface area contributed by atoms with Crippen LogP contribution in [-0.4, -0.2) is 24.7 Å². The summed E-state index contributed by atoms with van der Waals surface area (Å²) in [6.07, 6.45) is 2.93. The number of carbonyl (C=O) groups is 2. The van der Waals surface area contributed by atoms with Crippen LogP contribution >= 0.6 is 0 Å². The fourth-order valence-corrected chi connectivity index (χ4v) is 2.36. The van der Waals surface area contributed by atoms with E-state index < -0.39 is 12.2 Å². The monoisotopic (exact) mass is 317 g/mol. The number of nitrogens with zero attached hydrogens (tertiary/aromatic N) is 1. The molecule has 23 heavy (non-hydrogen) atoms. The molecule has 0 radical (unpaired) electrons. The van der Waals surface area contributed by atoms with Crippen molar-refractivity contribution >= 4 is 23.8 Å². The van der Waals surface area contributed by atoms with E-state index in [-0.39, 0.29) is 18.4 Å². The molecule has 0 saturated heterocycles. The van der Waals surface area contributed by atoms with Crippen molar-refractivity contribution < 1.29 is 19.1 Å². The number of imide groups is 1. The second-order valence-electron chi connectivity index (χ2n) is 5.85. The highest BCUT2D eigenvalue weighted by atomic mass is 16.6. The van der Waals surface area contributed by atoms with Crippen molar-refractivity contribution in [2.24, 2.45) is 5.92 Å². The number of hydrogen-bond acceptors (Lipinski definition) is 4. The number of allylic oxidation sites excluding steroid dienone is 1. The van der Waals surface area contributed by atoms with Gasteiger partial charge in [-0.3, -0.25) is 4.79 Å². The van der Waals surface area contributed by atoms with Gasteiger partial charge >= 0.3 is 6.09 Å². The lowest BCUT2D eigenvalue weighted by Crippen LogP contribution is -2.49. The van der Waals surface area contributed by atoms with Crippen LogP contribution in [0.1, 0.15) is 39.7 Å². The Labute approximate surface area is 136 Å². The van der Waals surface area contributed by atoms with E-state index in [1.54, 1.807) is 12.1 Å². The highest BCUT2D eigenvalue weighted by Crippen LogP contribution is 2.38. The molecule has 0 aromatic heterocycles. The zero-order valence-corrected chi connectivity index (χ0v) is 14.0. The van der Waals surface area contributed by atoms with E-state index in [2.05, 4.69) is 0 Å². The highest BCUT2D eigenvalue weighted by molar-refractivity contribution is 6.16. The Hall–Kier alpha value is -2.30. The zero-order valence-electron chi connectivity index (χ0n) is 14.0. The lowest BCUT2D eigenvalue weighted by molar-refractivity contribution is -0.126. The van der Waals surface area contributed by atoms with Crippen LogP contribution in [0.25, 0.3) is 6.08 Å². The summed E-state index contributed by atoms with van der Waals surface area (Å²) in [6, 6.07) is 5.38. The van der Waals surface area contributed by atoms with Gasteiger partial charge in [0.1, 0.15) is 0 Å². The number of benzene rings is 1. The summed E-state index contributed by atoms with van der Waals surface area (Å²) in [7, 11) is 0. The van der Waals surface area contributed by atoms with Crippen LogP contribution in [0.4, 0.5) is 10.5 Å². The number of carbonyl (C=O) groups excluding carboxylic acids is 2. The molecule has 1 aromatic rings. The van der Waals surface area contributed by atoms with Crippen LogP contribution in [0, 0.1) is 5.92 Å². The second-order valence-corrected chi connectivity index (χ2v) is 5.85. The molecule has 0 spiro atoms. The first-order chi connectivity index (χ1) is 11.0. The first-order valence-electron chi connectivity index (χ1n) is 7.92. The van der Waals surface area contributed by atoms with E-state index in [1.807, 2.05) is 45.9 Å². The predicted molar refractivity (Wildman–Crippen MR) is 89.5 cm³/mol. The van der Waals surface area contributed by atoms with Crippen molar-refractivity contribution in [2.75, 3.05) is 11.5 Å². The van der Waals surface area contributed by atoms with Gasteiger partial charge in [0.15, 0.2) is 11.9 Å². The fraction of sp³-hybridized carbons (Fsp3) is 0.444. The SMILES string of the molecule is CC=Cc1cccc2c1OC(CC)C(=O)N2C(=O)OCC(C)C. The standard InChI is InChI=1S/C18H23NO4/c1-5-8-13-9-7-10-14-16(13)23-15(6-2)17(20)19(14)18(21)22-11-12(3)4/h5,7-10,12,15H,6,11H2,1-4H3. The quantitative estimate of drug-likeness (QED) is 0.841. The van der Waals surface area contributed by atoms with Crippen LogP contribution in [0.3, 0.4) is 0 Å². The average molecular weight is 317 g/mol. The number of ether oxygens (including phenoxy) is 2. The normalized spacial score (nSPS) is 17.3. The minimum Gasteiger partial charge on any atom is -0.478 e. The van der Waals surface area contributed by atoms with Crippen molar-refractivity contribution in [3.8, 4) is 5.75 Å². The minimum atomic E-state index is -0.680. The van der Waals surface area contributed by atoms with E-state index >= 15 is 0 Å². The van der Waals surface area contributed by atoms with Crippen LogP contribution in [0.2, 0.25) is 0 Å². The Balaban J connectivity index is 2.44. The molecule has 1 unspecified atom stereocenters. The number of fused-ring (bicyclic) bond motifs is 1. The Kier molecular flexibility index (Phi) is 5.42. The topological polar surface area (TPSA) is 55.8 Å². The molecule has 124 valence electrons. The summed E-state index contributed by atoms with van der Waals surface area (Å²) in [5.74, 6) is 0.357. The molecular weight excluding hydrogens is 294 g/mol. The molecule has 0 saturated carbocycles. The van der Waals surface area contributed by atoms with Gasteiger partial charge in [0, 0.05) is 5.56 Å². The molecule has 1 atom stereocenters. The lowest BCUT2D eigenvalue weighted by atomic mass is 10.1. The summed E-state index contributed by atoms with van der Waals surface area (Å²) < 4.78 is 11.1. The van der Waals surface area contributed by atoms with E-state index in [9.17, 15) is 9.59 Å². The third kappa shape index (κ3) is 3.55. The van der Waals surface area contributed by atoms with Crippen molar-refractivity contribution in [3.05, 3.63) is 29.8 Å². The van der Waals surface area contributed by atoms with Gasteiger partial charge in [0.2, 0.25) is 0 Å². The molecule has 1 heterocycles. The van der Waals surface area contributed by atoms with E-state index in [4.69, 9.17) is 9.47 Å². The Morgan fingerprint density at radius 1 is 1.43 bits per heavy atom. The zero-order chi connectivity index (χ0) is 17.0. The molecule has 2 amide bonds. The molecule has 1 aliphatic rings. The third-order valence-electron chi connectivity index (χ3n) is 3.46. The average Bonchev–Trinajstić information content (AvgIpc) is 2.52. The summed E-state index contributed by atoms with van der Waals surface area (Å²) in [4.78, 5) is 26.1. The molecule has 0 bridgehead atoms. The van der Waals surface area contributed by atoms with Gasteiger partial charge in [-0.15, -0.1) is 0 Å². The second kappa shape index (κ2) is 7.31. The molecule has 2 rings (SSSR count). The summed E-state index contributed by atoms with van der Waals surface area (Å²) in [6.45, 7) is 7.91.